The van der Waals surface area contributed by atoms with E-state index in [1.807, 2.05) is 31.2 Å². The van der Waals surface area contributed by atoms with Crippen LogP contribution in [0.15, 0.2) is 29.6 Å². The third-order valence-electron chi connectivity index (χ3n) is 3.45. The summed E-state index contributed by atoms with van der Waals surface area (Å²) in [6.07, 6.45) is 1.71. The monoisotopic (exact) mass is 375 g/mol. The fraction of sp³-hybridized carbons (Fsp3) is 0.333. The highest BCUT2D eigenvalue weighted by molar-refractivity contribution is 7.13. The number of esters is 1. The normalized spacial score (nSPS) is 10.2. The lowest BCUT2D eigenvalue weighted by Gasteiger charge is -2.05. The number of thiazole rings is 1. The van der Waals surface area contributed by atoms with Gasteiger partial charge in [0, 0.05) is 17.5 Å². The Morgan fingerprint density at radius 3 is 2.54 bits per heavy atom. The van der Waals surface area contributed by atoms with E-state index in [1.54, 1.807) is 5.38 Å². The molecule has 0 aliphatic rings. The number of ether oxygens (including phenoxy) is 1. The number of urea groups is 1. The fourth-order valence-electron chi connectivity index (χ4n) is 2.03. The Morgan fingerprint density at radius 1 is 1.15 bits per heavy atom. The highest BCUT2D eigenvalue weighted by atomic mass is 32.1. The zero-order valence-corrected chi connectivity index (χ0v) is 15.5. The molecular formula is C18H21N3O4S. The summed E-state index contributed by atoms with van der Waals surface area (Å²) in [5.41, 5.74) is 2.27. The first-order chi connectivity index (χ1) is 12.5. The highest BCUT2D eigenvalue weighted by Gasteiger charge is 2.16. The molecule has 2 rings (SSSR count). The van der Waals surface area contributed by atoms with Crippen LogP contribution in [-0.2, 0) is 16.0 Å². The summed E-state index contributed by atoms with van der Waals surface area (Å²) >= 11 is 1.32. The van der Waals surface area contributed by atoms with Crippen molar-refractivity contribution in [2.24, 2.45) is 0 Å². The van der Waals surface area contributed by atoms with E-state index in [9.17, 15) is 14.4 Å². The second-order valence-corrected chi connectivity index (χ2v) is 6.33. The van der Waals surface area contributed by atoms with Crippen LogP contribution < -0.4 is 10.6 Å². The summed E-state index contributed by atoms with van der Waals surface area (Å²) in [4.78, 5) is 39.2. The SMILES string of the molecule is CCCNC(=O)NC(=O)COC(=O)c1csc(-c2ccc(CC)cc2)n1. The summed E-state index contributed by atoms with van der Waals surface area (Å²) in [5, 5.41) is 6.85. The van der Waals surface area contributed by atoms with Crippen LogP contribution in [0.1, 0.15) is 36.3 Å². The Bertz CT molecular complexity index is 771. The maximum absolute atomic E-state index is 12.0. The van der Waals surface area contributed by atoms with Crippen molar-refractivity contribution in [3.63, 3.8) is 0 Å². The topological polar surface area (TPSA) is 97.4 Å². The Balaban J connectivity index is 1.87. The molecular weight excluding hydrogens is 354 g/mol. The largest absolute Gasteiger partial charge is 0.451 e. The van der Waals surface area contributed by atoms with Crippen molar-refractivity contribution >= 4 is 29.2 Å². The smallest absolute Gasteiger partial charge is 0.358 e. The Labute approximate surface area is 155 Å². The summed E-state index contributed by atoms with van der Waals surface area (Å²) < 4.78 is 4.89. The second-order valence-electron chi connectivity index (χ2n) is 5.47. The number of benzene rings is 1. The summed E-state index contributed by atoms with van der Waals surface area (Å²) in [5.74, 6) is -1.40. The number of aryl methyl sites for hydroxylation is 1. The van der Waals surface area contributed by atoms with Crippen LogP contribution in [0, 0.1) is 0 Å². The minimum absolute atomic E-state index is 0.132. The van der Waals surface area contributed by atoms with Crippen molar-refractivity contribution in [1.29, 1.82) is 0 Å². The lowest BCUT2D eigenvalue weighted by molar-refractivity contribution is -0.123. The van der Waals surface area contributed by atoms with E-state index in [2.05, 4.69) is 22.5 Å². The predicted octanol–water partition coefficient (Wildman–Crippen LogP) is 2.77. The van der Waals surface area contributed by atoms with Crippen molar-refractivity contribution < 1.29 is 19.1 Å². The third kappa shape index (κ3) is 5.66. The first kappa shape index (κ1) is 19.6. The molecule has 0 aliphatic heterocycles. The molecule has 1 aromatic carbocycles. The molecule has 7 nitrogen and oxygen atoms in total. The van der Waals surface area contributed by atoms with E-state index in [4.69, 9.17) is 4.74 Å². The molecule has 1 aromatic heterocycles. The summed E-state index contributed by atoms with van der Waals surface area (Å²) in [7, 11) is 0. The zero-order chi connectivity index (χ0) is 18.9. The third-order valence-corrected chi connectivity index (χ3v) is 4.34. The van der Waals surface area contributed by atoms with Crippen molar-refractivity contribution in [2.75, 3.05) is 13.2 Å². The van der Waals surface area contributed by atoms with E-state index in [-0.39, 0.29) is 5.69 Å². The van der Waals surface area contributed by atoms with Crippen molar-refractivity contribution in [3.05, 3.63) is 40.9 Å². The van der Waals surface area contributed by atoms with Crippen LogP contribution in [-0.4, -0.2) is 36.0 Å². The van der Waals surface area contributed by atoms with Crippen molar-refractivity contribution in [3.8, 4) is 10.6 Å². The van der Waals surface area contributed by atoms with Gasteiger partial charge in [-0.1, -0.05) is 38.1 Å². The molecule has 0 saturated carbocycles. The number of carbonyl (C=O) groups excluding carboxylic acids is 3. The fourth-order valence-corrected chi connectivity index (χ4v) is 2.83. The lowest BCUT2D eigenvalue weighted by Crippen LogP contribution is -2.41. The average molecular weight is 375 g/mol. The van der Waals surface area contributed by atoms with E-state index < -0.39 is 24.5 Å². The molecule has 2 aromatic rings. The summed E-state index contributed by atoms with van der Waals surface area (Å²) in [6.45, 7) is 3.89. The molecule has 0 bridgehead atoms. The van der Waals surface area contributed by atoms with E-state index in [0.717, 1.165) is 18.4 Å². The zero-order valence-electron chi connectivity index (χ0n) is 14.7. The lowest BCUT2D eigenvalue weighted by atomic mass is 10.1. The highest BCUT2D eigenvalue weighted by Crippen LogP contribution is 2.24. The van der Waals surface area contributed by atoms with Gasteiger partial charge in [0.25, 0.3) is 5.91 Å². The first-order valence-electron chi connectivity index (χ1n) is 8.33. The van der Waals surface area contributed by atoms with Gasteiger partial charge in [0.1, 0.15) is 5.01 Å². The quantitative estimate of drug-likeness (QED) is 0.725. The maximum atomic E-state index is 12.0. The van der Waals surface area contributed by atoms with Crippen LogP contribution in [0.3, 0.4) is 0 Å². The second kappa shape index (κ2) is 9.67. The van der Waals surface area contributed by atoms with E-state index in [1.165, 1.54) is 16.9 Å². The van der Waals surface area contributed by atoms with Gasteiger partial charge < -0.3 is 10.1 Å². The van der Waals surface area contributed by atoms with Gasteiger partial charge in [0.05, 0.1) is 0 Å². The number of aromatic nitrogens is 1. The molecule has 26 heavy (non-hydrogen) atoms. The molecule has 0 radical (unpaired) electrons. The number of rotatable bonds is 7. The number of hydrogen-bond acceptors (Lipinski definition) is 6. The van der Waals surface area contributed by atoms with E-state index in [0.29, 0.717) is 11.6 Å². The Morgan fingerprint density at radius 2 is 1.88 bits per heavy atom. The molecule has 1 heterocycles. The van der Waals surface area contributed by atoms with Crippen LogP contribution in [0.25, 0.3) is 10.6 Å². The van der Waals surface area contributed by atoms with Gasteiger partial charge in [-0.3, -0.25) is 10.1 Å². The van der Waals surface area contributed by atoms with Crippen molar-refractivity contribution in [1.82, 2.24) is 15.6 Å². The van der Waals surface area contributed by atoms with E-state index >= 15 is 0 Å². The van der Waals surface area contributed by atoms with Gasteiger partial charge in [-0.2, -0.15) is 0 Å². The number of nitrogens with one attached hydrogen (secondary N) is 2. The predicted molar refractivity (Wildman–Crippen MR) is 99.0 cm³/mol. The number of nitrogens with zero attached hydrogens (tertiary/aromatic N) is 1. The molecule has 0 unspecified atom stereocenters. The Kier molecular flexibility index (Phi) is 7.28. The number of imide groups is 1. The molecule has 0 spiro atoms. The number of carbonyl (C=O) groups is 3. The molecule has 0 saturated heterocycles. The minimum atomic E-state index is -0.707. The number of hydrogen-bond donors (Lipinski definition) is 2. The standard InChI is InChI=1S/C18H21N3O4S/c1-3-9-19-18(24)21-15(22)10-25-17(23)14-11-26-16(20-14)13-7-5-12(4-2)6-8-13/h5-8,11H,3-4,9-10H2,1-2H3,(H2,19,21,22,24). The summed E-state index contributed by atoms with van der Waals surface area (Å²) in [6, 6.07) is 7.33. The van der Waals surface area contributed by atoms with Crippen molar-refractivity contribution in [2.45, 2.75) is 26.7 Å². The van der Waals surface area contributed by atoms with Gasteiger partial charge in [-0.05, 0) is 18.4 Å². The van der Waals surface area contributed by atoms with Gasteiger partial charge in [-0.15, -0.1) is 11.3 Å². The average Bonchev–Trinajstić information content (AvgIpc) is 3.14. The van der Waals surface area contributed by atoms with Crippen LogP contribution in [0.2, 0.25) is 0 Å². The van der Waals surface area contributed by atoms with Gasteiger partial charge in [-0.25, -0.2) is 14.6 Å². The molecule has 3 amide bonds. The Hall–Kier alpha value is -2.74. The molecule has 0 fully saturated rings. The first-order valence-corrected chi connectivity index (χ1v) is 9.21. The molecule has 0 aliphatic carbocycles. The maximum Gasteiger partial charge on any atom is 0.358 e. The molecule has 138 valence electrons. The van der Waals surface area contributed by atoms with Gasteiger partial charge >= 0.3 is 12.0 Å². The molecule has 0 atom stereocenters. The van der Waals surface area contributed by atoms with Gasteiger partial charge in [0.2, 0.25) is 0 Å². The van der Waals surface area contributed by atoms with Crippen LogP contribution in [0.4, 0.5) is 4.79 Å². The van der Waals surface area contributed by atoms with Crippen LogP contribution >= 0.6 is 11.3 Å². The van der Waals surface area contributed by atoms with Gasteiger partial charge in [0.15, 0.2) is 12.3 Å². The number of amides is 3. The molecule has 8 heteroatoms. The molecule has 2 N–H and O–H groups in total. The minimum Gasteiger partial charge on any atom is -0.451 e. The van der Waals surface area contributed by atoms with Crippen LogP contribution in [0.5, 0.6) is 0 Å².